The van der Waals surface area contributed by atoms with E-state index in [-0.39, 0.29) is 0 Å². The van der Waals surface area contributed by atoms with E-state index >= 15 is 0 Å². The SMILES string of the molecule is CCCC(Br)C1CCCCC1OC. The first-order chi connectivity index (χ1) is 6.29. The van der Waals surface area contributed by atoms with Crippen LogP contribution >= 0.6 is 15.9 Å². The van der Waals surface area contributed by atoms with E-state index in [1.165, 1.54) is 38.5 Å². The van der Waals surface area contributed by atoms with Crippen LogP contribution in [0.3, 0.4) is 0 Å². The zero-order chi connectivity index (χ0) is 9.68. The highest BCUT2D eigenvalue weighted by Crippen LogP contribution is 2.34. The van der Waals surface area contributed by atoms with Crippen LogP contribution in [-0.2, 0) is 4.74 Å². The molecule has 1 fully saturated rings. The first kappa shape index (κ1) is 11.5. The standard InChI is InChI=1S/C11H21BrO/c1-3-6-10(12)9-7-4-5-8-11(9)13-2/h9-11H,3-8H2,1-2H3. The fourth-order valence-electron chi connectivity index (χ4n) is 2.32. The maximum Gasteiger partial charge on any atom is 0.0610 e. The van der Waals surface area contributed by atoms with Crippen molar-refractivity contribution in [1.82, 2.24) is 0 Å². The molecule has 0 N–H and O–H groups in total. The van der Waals surface area contributed by atoms with Gasteiger partial charge in [0, 0.05) is 11.9 Å². The maximum atomic E-state index is 5.54. The number of ether oxygens (including phenoxy) is 1. The van der Waals surface area contributed by atoms with Crippen molar-refractivity contribution in [3.8, 4) is 0 Å². The molecule has 3 unspecified atom stereocenters. The molecule has 0 radical (unpaired) electrons. The molecular formula is C11H21BrO. The van der Waals surface area contributed by atoms with Crippen molar-refractivity contribution in [2.45, 2.75) is 56.4 Å². The van der Waals surface area contributed by atoms with Gasteiger partial charge in [-0.25, -0.2) is 0 Å². The van der Waals surface area contributed by atoms with Crippen LogP contribution in [0.5, 0.6) is 0 Å². The van der Waals surface area contributed by atoms with Crippen LogP contribution in [-0.4, -0.2) is 18.0 Å². The average Bonchev–Trinajstić information content (AvgIpc) is 2.18. The van der Waals surface area contributed by atoms with Gasteiger partial charge in [-0.3, -0.25) is 0 Å². The van der Waals surface area contributed by atoms with Crippen LogP contribution in [0.15, 0.2) is 0 Å². The Bertz CT molecular complexity index is 138. The number of methoxy groups -OCH3 is 1. The van der Waals surface area contributed by atoms with E-state index in [0.717, 1.165) is 5.92 Å². The minimum absolute atomic E-state index is 0.504. The fourth-order valence-corrected chi connectivity index (χ4v) is 3.38. The number of halogens is 1. The lowest BCUT2D eigenvalue weighted by molar-refractivity contribution is 0.0228. The van der Waals surface area contributed by atoms with Crippen LogP contribution in [0.2, 0.25) is 0 Å². The van der Waals surface area contributed by atoms with Crippen LogP contribution in [0.25, 0.3) is 0 Å². The summed E-state index contributed by atoms with van der Waals surface area (Å²) < 4.78 is 5.54. The number of hydrogen-bond acceptors (Lipinski definition) is 1. The van der Waals surface area contributed by atoms with Crippen molar-refractivity contribution in [2.75, 3.05) is 7.11 Å². The largest absolute Gasteiger partial charge is 0.381 e. The third-order valence-corrected chi connectivity index (χ3v) is 4.22. The number of hydrogen-bond donors (Lipinski definition) is 0. The second-order valence-electron chi connectivity index (χ2n) is 4.03. The highest BCUT2D eigenvalue weighted by atomic mass is 79.9. The maximum absolute atomic E-state index is 5.54. The summed E-state index contributed by atoms with van der Waals surface area (Å²) in [5, 5.41) is 0. The predicted molar refractivity (Wildman–Crippen MR) is 60.4 cm³/mol. The summed E-state index contributed by atoms with van der Waals surface area (Å²) in [5.74, 6) is 0.749. The van der Waals surface area contributed by atoms with E-state index < -0.39 is 0 Å². The van der Waals surface area contributed by atoms with Gasteiger partial charge in [-0.15, -0.1) is 0 Å². The van der Waals surface area contributed by atoms with Crippen molar-refractivity contribution < 1.29 is 4.74 Å². The summed E-state index contributed by atoms with van der Waals surface area (Å²) in [5.41, 5.74) is 0. The Labute approximate surface area is 90.4 Å². The van der Waals surface area contributed by atoms with Crippen molar-refractivity contribution in [3.63, 3.8) is 0 Å². The Morgan fingerprint density at radius 3 is 2.69 bits per heavy atom. The van der Waals surface area contributed by atoms with Gasteiger partial charge in [0.25, 0.3) is 0 Å². The van der Waals surface area contributed by atoms with Crippen LogP contribution in [0.1, 0.15) is 45.4 Å². The Kier molecular flexibility index (Phi) is 5.34. The molecule has 0 bridgehead atoms. The second kappa shape index (κ2) is 6.02. The van der Waals surface area contributed by atoms with Gasteiger partial charge in [-0.1, -0.05) is 42.1 Å². The van der Waals surface area contributed by atoms with Crippen LogP contribution in [0.4, 0.5) is 0 Å². The van der Waals surface area contributed by atoms with Gasteiger partial charge in [0.1, 0.15) is 0 Å². The molecule has 0 aromatic heterocycles. The number of rotatable bonds is 4. The Hall–Kier alpha value is 0.440. The van der Waals surface area contributed by atoms with E-state index in [0.29, 0.717) is 10.9 Å². The van der Waals surface area contributed by atoms with E-state index in [1.807, 2.05) is 7.11 Å². The molecule has 0 amide bonds. The van der Waals surface area contributed by atoms with Crippen molar-refractivity contribution in [1.29, 1.82) is 0 Å². The summed E-state index contributed by atoms with van der Waals surface area (Å²) in [7, 11) is 1.86. The highest BCUT2D eigenvalue weighted by Gasteiger charge is 2.29. The minimum Gasteiger partial charge on any atom is -0.381 e. The smallest absolute Gasteiger partial charge is 0.0610 e. The lowest BCUT2D eigenvalue weighted by Crippen LogP contribution is -2.32. The highest BCUT2D eigenvalue weighted by molar-refractivity contribution is 9.09. The molecule has 2 heteroatoms. The molecule has 0 saturated heterocycles. The Morgan fingerprint density at radius 1 is 1.38 bits per heavy atom. The summed E-state index contributed by atoms with van der Waals surface area (Å²) in [6.07, 6.45) is 8.39. The third kappa shape index (κ3) is 3.25. The van der Waals surface area contributed by atoms with Gasteiger partial charge in [0.2, 0.25) is 0 Å². The van der Waals surface area contributed by atoms with Crippen molar-refractivity contribution in [2.24, 2.45) is 5.92 Å². The summed E-state index contributed by atoms with van der Waals surface area (Å²) in [6, 6.07) is 0. The lowest BCUT2D eigenvalue weighted by atomic mass is 9.83. The van der Waals surface area contributed by atoms with E-state index in [1.54, 1.807) is 0 Å². The van der Waals surface area contributed by atoms with Crippen molar-refractivity contribution >= 4 is 15.9 Å². The van der Waals surface area contributed by atoms with E-state index in [4.69, 9.17) is 4.74 Å². The molecule has 0 aromatic rings. The zero-order valence-corrected chi connectivity index (χ0v) is 10.3. The van der Waals surface area contributed by atoms with Gasteiger partial charge >= 0.3 is 0 Å². The Morgan fingerprint density at radius 2 is 2.08 bits per heavy atom. The lowest BCUT2D eigenvalue weighted by Gasteiger charge is -2.33. The second-order valence-corrected chi connectivity index (χ2v) is 5.20. The molecule has 1 nitrogen and oxygen atoms in total. The van der Waals surface area contributed by atoms with Crippen molar-refractivity contribution in [3.05, 3.63) is 0 Å². The van der Waals surface area contributed by atoms with Crippen LogP contribution in [0, 0.1) is 5.92 Å². The van der Waals surface area contributed by atoms with Gasteiger partial charge in [-0.2, -0.15) is 0 Å². The quantitative estimate of drug-likeness (QED) is 0.689. The van der Waals surface area contributed by atoms with Crippen LogP contribution < -0.4 is 0 Å². The predicted octanol–water partition coefficient (Wildman–Crippen LogP) is 3.76. The minimum atomic E-state index is 0.504. The molecule has 0 spiro atoms. The first-order valence-electron chi connectivity index (χ1n) is 5.46. The Balaban J connectivity index is 2.43. The summed E-state index contributed by atoms with van der Waals surface area (Å²) >= 11 is 3.80. The molecule has 1 aliphatic rings. The molecule has 1 saturated carbocycles. The molecule has 1 aliphatic carbocycles. The first-order valence-corrected chi connectivity index (χ1v) is 6.38. The summed E-state index contributed by atoms with van der Waals surface area (Å²) in [6.45, 7) is 2.25. The normalized spacial score (nSPS) is 31.6. The molecule has 78 valence electrons. The molecule has 0 aromatic carbocycles. The molecule has 3 atom stereocenters. The monoisotopic (exact) mass is 248 g/mol. The van der Waals surface area contributed by atoms with Gasteiger partial charge in [0.05, 0.1) is 6.10 Å². The van der Waals surface area contributed by atoms with E-state index in [2.05, 4.69) is 22.9 Å². The summed E-state index contributed by atoms with van der Waals surface area (Å²) in [4.78, 5) is 0.669. The molecule has 0 aliphatic heterocycles. The van der Waals surface area contributed by atoms with Gasteiger partial charge < -0.3 is 4.74 Å². The third-order valence-electron chi connectivity index (χ3n) is 3.09. The van der Waals surface area contributed by atoms with E-state index in [9.17, 15) is 0 Å². The molecular weight excluding hydrogens is 228 g/mol. The molecule has 13 heavy (non-hydrogen) atoms. The average molecular weight is 249 g/mol. The van der Waals surface area contributed by atoms with Gasteiger partial charge in [0.15, 0.2) is 0 Å². The van der Waals surface area contributed by atoms with Gasteiger partial charge in [-0.05, 0) is 25.2 Å². The topological polar surface area (TPSA) is 9.23 Å². The number of alkyl halides is 1. The molecule has 1 rings (SSSR count). The zero-order valence-electron chi connectivity index (χ0n) is 8.76. The fraction of sp³-hybridized carbons (Fsp3) is 1.00. The molecule has 0 heterocycles.